The molecule has 0 atom stereocenters. The van der Waals surface area contributed by atoms with Crippen molar-refractivity contribution in [1.29, 1.82) is 0 Å². The molecule has 6 heteroatoms. The molecule has 0 fully saturated rings. The quantitative estimate of drug-likeness (QED) is 0.629. The highest BCUT2D eigenvalue weighted by Crippen LogP contribution is 2.29. The minimum Gasteiger partial charge on any atom is -0.389 e. The van der Waals surface area contributed by atoms with Crippen LogP contribution in [-0.4, -0.2) is 37.8 Å². The van der Waals surface area contributed by atoms with Gasteiger partial charge in [-0.05, 0) is 18.4 Å². The van der Waals surface area contributed by atoms with Crippen LogP contribution in [0.2, 0.25) is 0 Å². The van der Waals surface area contributed by atoms with Crippen LogP contribution in [0.3, 0.4) is 0 Å². The standard InChI is InChI=1S/C12H17N3OS2/c1-14-10(16)7-15(2)8-5-4-6-9(18-3)11(8)12(13)17/h4-6H,7H2,1-3H3,(H2,13,17)(H,14,16). The van der Waals surface area contributed by atoms with E-state index in [0.717, 1.165) is 16.1 Å². The molecule has 0 aliphatic heterocycles. The Morgan fingerprint density at radius 3 is 2.72 bits per heavy atom. The molecule has 1 aromatic rings. The Kier molecular flexibility index (Phi) is 5.43. The third-order valence-electron chi connectivity index (χ3n) is 2.54. The molecule has 0 aliphatic carbocycles. The molecule has 0 saturated heterocycles. The zero-order valence-electron chi connectivity index (χ0n) is 10.7. The summed E-state index contributed by atoms with van der Waals surface area (Å²) in [7, 11) is 3.46. The lowest BCUT2D eigenvalue weighted by Gasteiger charge is -2.22. The predicted molar refractivity (Wildman–Crippen MR) is 81.4 cm³/mol. The predicted octanol–water partition coefficient (Wildman–Crippen LogP) is 1.22. The summed E-state index contributed by atoms with van der Waals surface area (Å²) in [5, 5.41) is 2.59. The lowest BCUT2D eigenvalue weighted by Crippen LogP contribution is -2.34. The first-order valence-corrected chi connectivity index (χ1v) is 7.03. The Hall–Kier alpha value is -1.27. The molecular formula is C12H17N3OS2. The van der Waals surface area contributed by atoms with Gasteiger partial charge < -0.3 is 16.0 Å². The summed E-state index contributed by atoms with van der Waals surface area (Å²) in [5.41, 5.74) is 7.48. The van der Waals surface area contributed by atoms with Crippen LogP contribution in [0, 0.1) is 0 Å². The molecule has 0 unspecified atom stereocenters. The molecule has 1 amide bonds. The highest BCUT2D eigenvalue weighted by molar-refractivity contribution is 7.98. The molecule has 0 bridgehead atoms. The number of carbonyl (C=O) groups excluding carboxylic acids is 1. The van der Waals surface area contributed by atoms with Gasteiger partial charge in [-0.3, -0.25) is 4.79 Å². The maximum atomic E-state index is 11.4. The summed E-state index contributed by atoms with van der Waals surface area (Å²) >= 11 is 6.69. The van der Waals surface area contributed by atoms with Crippen molar-refractivity contribution in [3.63, 3.8) is 0 Å². The van der Waals surface area contributed by atoms with E-state index in [0.29, 0.717) is 4.99 Å². The average Bonchev–Trinajstić information content (AvgIpc) is 2.37. The fourth-order valence-corrected chi connectivity index (χ4v) is 2.55. The van der Waals surface area contributed by atoms with Gasteiger partial charge in [0, 0.05) is 30.2 Å². The second kappa shape index (κ2) is 6.61. The minimum absolute atomic E-state index is 0.0547. The van der Waals surface area contributed by atoms with E-state index in [4.69, 9.17) is 18.0 Å². The number of likely N-dealkylation sites (N-methyl/N-ethyl adjacent to an activating group) is 2. The van der Waals surface area contributed by atoms with Gasteiger partial charge in [0.05, 0.1) is 6.54 Å². The molecule has 18 heavy (non-hydrogen) atoms. The molecule has 0 aromatic heterocycles. The summed E-state index contributed by atoms with van der Waals surface area (Å²) in [6, 6.07) is 5.82. The third kappa shape index (κ3) is 3.36. The van der Waals surface area contributed by atoms with E-state index in [1.54, 1.807) is 18.8 Å². The monoisotopic (exact) mass is 283 g/mol. The van der Waals surface area contributed by atoms with Crippen molar-refractivity contribution in [2.45, 2.75) is 4.90 Å². The highest BCUT2D eigenvalue weighted by Gasteiger charge is 2.15. The zero-order chi connectivity index (χ0) is 13.7. The number of nitrogens with two attached hydrogens (primary N) is 1. The normalized spacial score (nSPS) is 9.94. The van der Waals surface area contributed by atoms with E-state index in [1.807, 2.05) is 36.4 Å². The summed E-state index contributed by atoms with van der Waals surface area (Å²) in [4.78, 5) is 14.6. The minimum atomic E-state index is -0.0547. The first-order valence-electron chi connectivity index (χ1n) is 5.39. The molecule has 0 saturated carbocycles. The molecular weight excluding hydrogens is 266 g/mol. The number of hydrogen-bond donors (Lipinski definition) is 2. The number of thioether (sulfide) groups is 1. The van der Waals surface area contributed by atoms with Gasteiger partial charge in [0.1, 0.15) is 4.99 Å². The van der Waals surface area contributed by atoms with Crippen LogP contribution >= 0.6 is 24.0 Å². The van der Waals surface area contributed by atoms with Crippen LogP contribution in [0.1, 0.15) is 5.56 Å². The van der Waals surface area contributed by atoms with Crippen LogP contribution in [0.4, 0.5) is 5.69 Å². The number of benzene rings is 1. The van der Waals surface area contributed by atoms with E-state index >= 15 is 0 Å². The Morgan fingerprint density at radius 2 is 2.22 bits per heavy atom. The van der Waals surface area contributed by atoms with E-state index in [-0.39, 0.29) is 12.5 Å². The van der Waals surface area contributed by atoms with E-state index < -0.39 is 0 Å². The number of rotatable bonds is 5. The second-order valence-electron chi connectivity index (χ2n) is 3.75. The van der Waals surface area contributed by atoms with Crippen molar-refractivity contribution in [3.8, 4) is 0 Å². The van der Waals surface area contributed by atoms with Crippen LogP contribution in [0.25, 0.3) is 0 Å². The van der Waals surface area contributed by atoms with Gasteiger partial charge in [0.2, 0.25) is 5.91 Å². The smallest absolute Gasteiger partial charge is 0.239 e. The topological polar surface area (TPSA) is 58.4 Å². The summed E-state index contributed by atoms with van der Waals surface area (Å²) in [5.74, 6) is -0.0547. The van der Waals surface area contributed by atoms with Gasteiger partial charge in [0.25, 0.3) is 0 Å². The Morgan fingerprint density at radius 1 is 1.56 bits per heavy atom. The van der Waals surface area contributed by atoms with Gasteiger partial charge in [-0.25, -0.2) is 0 Å². The molecule has 0 heterocycles. The first-order chi connectivity index (χ1) is 8.51. The van der Waals surface area contributed by atoms with Crippen molar-refractivity contribution >= 4 is 40.6 Å². The maximum Gasteiger partial charge on any atom is 0.239 e. The van der Waals surface area contributed by atoms with Crippen LogP contribution in [0.5, 0.6) is 0 Å². The van der Waals surface area contributed by atoms with Crippen molar-refractivity contribution in [1.82, 2.24) is 5.32 Å². The molecule has 1 rings (SSSR count). The van der Waals surface area contributed by atoms with E-state index in [9.17, 15) is 4.79 Å². The number of hydrogen-bond acceptors (Lipinski definition) is 4. The molecule has 4 nitrogen and oxygen atoms in total. The van der Waals surface area contributed by atoms with E-state index in [2.05, 4.69) is 5.32 Å². The fraction of sp³-hybridized carbons (Fsp3) is 0.333. The zero-order valence-corrected chi connectivity index (χ0v) is 12.3. The Labute approximate surface area is 117 Å². The number of nitrogens with zero attached hydrogens (tertiary/aromatic N) is 1. The van der Waals surface area contributed by atoms with Crippen molar-refractivity contribution in [3.05, 3.63) is 23.8 Å². The summed E-state index contributed by atoms with van der Waals surface area (Å²) in [6.07, 6.45) is 1.97. The van der Waals surface area contributed by atoms with Gasteiger partial charge in [-0.2, -0.15) is 0 Å². The van der Waals surface area contributed by atoms with Crippen molar-refractivity contribution in [2.24, 2.45) is 5.73 Å². The SMILES string of the molecule is CNC(=O)CN(C)c1cccc(SC)c1C(N)=S. The van der Waals surface area contributed by atoms with Gasteiger partial charge in [0.15, 0.2) is 0 Å². The molecule has 0 radical (unpaired) electrons. The molecule has 1 aromatic carbocycles. The molecule has 0 aliphatic rings. The molecule has 0 spiro atoms. The van der Waals surface area contributed by atoms with Crippen LogP contribution in [-0.2, 0) is 4.79 Å². The highest BCUT2D eigenvalue weighted by atomic mass is 32.2. The van der Waals surface area contributed by atoms with Gasteiger partial charge in [-0.1, -0.05) is 18.3 Å². The number of anilines is 1. The van der Waals surface area contributed by atoms with Crippen molar-refractivity contribution in [2.75, 3.05) is 31.8 Å². The number of thiocarbonyl (C=S) groups is 1. The Balaban J connectivity index is 3.15. The maximum absolute atomic E-state index is 11.4. The largest absolute Gasteiger partial charge is 0.389 e. The van der Waals surface area contributed by atoms with Crippen LogP contribution in [0.15, 0.2) is 23.1 Å². The first kappa shape index (κ1) is 14.8. The lowest BCUT2D eigenvalue weighted by atomic mass is 10.1. The number of amides is 1. The van der Waals surface area contributed by atoms with Crippen LogP contribution < -0.4 is 16.0 Å². The second-order valence-corrected chi connectivity index (χ2v) is 5.04. The average molecular weight is 283 g/mol. The fourth-order valence-electron chi connectivity index (χ4n) is 1.64. The number of nitrogens with one attached hydrogen (secondary N) is 1. The van der Waals surface area contributed by atoms with Gasteiger partial charge in [-0.15, -0.1) is 11.8 Å². The molecule has 3 N–H and O–H groups in total. The number of carbonyl (C=O) groups is 1. The van der Waals surface area contributed by atoms with Crippen molar-refractivity contribution < 1.29 is 4.79 Å². The van der Waals surface area contributed by atoms with Gasteiger partial charge >= 0.3 is 0 Å². The third-order valence-corrected chi connectivity index (χ3v) is 3.53. The van der Waals surface area contributed by atoms with E-state index in [1.165, 1.54) is 0 Å². The Bertz CT molecular complexity index is 463. The summed E-state index contributed by atoms with van der Waals surface area (Å²) < 4.78 is 0. The summed E-state index contributed by atoms with van der Waals surface area (Å²) in [6.45, 7) is 0.268. The lowest BCUT2D eigenvalue weighted by molar-refractivity contribution is -0.119. The molecule has 98 valence electrons.